The van der Waals surface area contributed by atoms with Crippen molar-refractivity contribution in [1.82, 2.24) is 10.3 Å². The predicted molar refractivity (Wildman–Crippen MR) is 62.6 cm³/mol. The fraction of sp³-hybridized carbons (Fsp3) is 0.727. The molecule has 1 unspecified atom stereocenters. The van der Waals surface area contributed by atoms with E-state index in [1.165, 1.54) is 17.7 Å². The van der Waals surface area contributed by atoms with Crippen molar-refractivity contribution in [3.8, 4) is 0 Å². The number of nitrogens with zero attached hydrogens (tertiary/aromatic N) is 1. The van der Waals surface area contributed by atoms with E-state index in [0.29, 0.717) is 11.5 Å². The molecule has 0 aromatic carbocycles. The third kappa shape index (κ3) is 3.76. The maximum absolute atomic E-state index is 4.11. The summed E-state index contributed by atoms with van der Waals surface area (Å²) in [5.74, 6) is 0. The molecule has 0 aliphatic heterocycles. The molecule has 0 bridgehead atoms. The monoisotopic (exact) mass is 212 g/mol. The summed E-state index contributed by atoms with van der Waals surface area (Å²) < 4.78 is 0. The van der Waals surface area contributed by atoms with Gasteiger partial charge in [0.1, 0.15) is 0 Å². The number of thiazole rings is 1. The Morgan fingerprint density at radius 3 is 2.64 bits per heavy atom. The molecule has 2 nitrogen and oxygen atoms in total. The predicted octanol–water partition coefficient (Wildman–Crippen LogP) is 3.23. The molecule has 1 aromatic heterocycles. The zero-order valence-electron chi connectivity index (χ0n) is 9.50. The first-order valence-corrected chi connectivity index (χ1v) is 5.96. The molecule has 14 heavy (non-hydrogen) atoms. The molecule has 80 valence electrons. The van der Waals surface area contributed by atoms with Gasteiger partial charge in [0, 0.05) is 17.1 Å². The number of hydrogen-bond acceptors (Lipinski definition) is 3. The summed E-state index contributed by atoms with van der Waals surface area (Å²) in [6, 6.07) is 0.474. The van der Waals surface area contributed by atoms with Gasteiger partial charge in [-0.1, -0.05) is 20.8 Å². The maximum atomic E-state index is 4.11. The lowest BCUT2D eigenvalue weighted by Gasteiger charge is -2.22. The molecule has 1 heterocycles. The van der Waals surface area contributed by atoms with Crippen LogP contribution in [0.15, 0.2) is 11.7 Å². The summed E-state index contributed by atoms with van der Waals surface area (Å²) in [7, 11) is 2.02. The van der Waals surface area contributed by atoms with Crippen molar-refractivity contribution in [2.45, 2.75) is 39.7 Å². The smallest absolute Gasteiger partial charge is 0.0794 e. The Morgan fingerprint density at radius 2 is 2.21 bits per heavy atom. The first kappa shape index (κ1) is 11.7. The number of aromatic nitrogens is 1. The highest BCUT2D eigenvalue weighted by molar-refractivity contribution is 7.09. The maximum Gasteiger partial charge on any atom is 0.0794 e. The molecule has 0 spiro atoms. The van der Waals surface area contributed by atoms with Crippen LogP contribution in [-0.2, 0) is 0 Å². The van der Waals surface area contributed by atoms with Crippen molar-refractivity contribution in [2.75, 3.05) is 7.05 Å². The molecule has 1 rings (SSSR count). The molecular formula is C11H20N2S. The summed E-state index contributed by atoms with van der Waals surface area (Å²) >= 11 is 1.73. The van der Waals surface area contributed by atoms with E-state index in [0.717, 1.165) is 0 Å². The fourth-order valence-corrected chi connectivity index (χ4v) is 2.17. The van der Waals surface area contributed by atoms with Crippen molar-refractivity contribution in [2.24, 2.45) is 5.41 Å². The van der Waals surface area contributed by atoms with Crippen LogP contribution in [0.5, 0.6) is 0 Å². The Hall–Kier alpha value is -0.410. The Bertz CT molecular complexity index is 249. The van der Waals surface area contributed by atoms with Crippen molar-refractivity contribution in [3.63, 3.8) is 0 Å². The van der Waals surface area contributed by atoms with Crippen LogP contribution < -0.4 is 5.32 Å². The summed E-state index contributed by atoms with van der Waals surface area (Å²) in [5.41, 5.74) is 2.32. The SMILES string of the molecule is CNC(CCC(C)(C)C)c1cncs1. The fourth-order valence-electron chi connectivity index (χ4n) is 1.40. The molecular weight excluding hydrogens is 192 g/mol. The van der Waals surface area contributed by atoms with Gasteiger partial charge in [-0.15, -0.1) is 11.3 Å². The van der Waals surface area contributed by atoms with E-state index in [9.17, 15) is 0 Å². The second-order valence-electron chi connectivity index (χ2n) is 4.84. The molecule has 3 heteroatoms. The van der Waals surface area contributed by atoms with Crippen molar-refractivity contribution >= 4 is 11.3 Å². The van der Waals surface area contributed by atoms with Crippen LogP contribution in [0.1, 0.15) is 44.5 Å². The lowest BCUT2D eigenvalue weighted by molar-refractivity contribution is 0.339. The van der Waals surface area contributed by atoms with Gasteiger partial charge < -0.3 is 5.32 Å². The van der Waals surface area contributed by atoms with Crippen LogP contribution in [0.3, 0.4) is 0 Å². The van der Waals surface area contributed by atoms with E-state index in [1.807, 2.05) is 18.8 Å². The standard InChI is InChI=1S/C11H20N2S/c1-11(2,3)6-5-9(12-4)10-7-13-8-14-10/h7-9,12H,5-6H2,1-4H3. The molecule has 0 saturated carbocycles. The summed E-state index contributed by atoms with van der Waals surface area (Å²) in [6.07, 6.45) is 4.38. The average molecular weight is 212 g/mol. The molecule has 0 amide bonds. The zero-order chi connectivity index (χ0) is 10.6. The Balaban J connectivity index is 2.49. The van der Waals surface area contributed by atoms with Gasteiger partial charge >= 0.3 is 0 Å². The highest BCUT2D eigenvalue weighted by atomic mass is 32.1. The van der Waals surface area contributed by atoms with Crippen LogP contribution in [0.4, 0.5) is 0 Å². The normalized spacial score (nSPS) is 14.3. The summed E-state index contributed by atoms with van der Waals surface area (Å²) in [4.78, 5) is 5.46. The minimum absolute atomic E-state index is 0.416. The first-order chi connectivity index (χ1) is 6.53. The molecule has 1 N–H and O–H groups in total. The van der Waals surface area contributed by atoms with Gasteiger partial charge in [0.2, 0.25) is 0 Å². The second kappa shape index (κ2) is 4.89. The third-order valence-electron chi connectivity index (χ3n) is 2.33. The van der Waals surface area contributed by atoms with Crippen LogP contribution in [0.25, 0.3) is 0 Å². The van der Waals surface area contributed by atoms with E-state index in [1.54, 1.807) is 11.3 Å². The van der Waals surface area contributed by atoms with Crippen molar-refractivity contribution in [3.05, 3.63) is 16.6 Å². The molecule has 1 atom stereocenters. The van der Waals surface area contributed by atoms with Crippen LogP contribution in [-0.4, -0.2) is 12.0 Å². The minimum atomic E-state index is 0.416. The van der Waals surface area contributed by atoms with Gasteiger partial charge in [-0.3, -0.25) is 4.98 Å². The van der Waals surface area contributed by atoms with Gasteiger partial charge in [-0.2, -0.15) is 0 Å². The van der Waals surface area contributed by atoms with Gasteiger partial charge in [0.05, 0.1) is 5.51 Å². The Morgan fingerprint density at radius 1 is 1.50 bits per heavy atom. The molecule has 1 aromatic rings. The first-order valence-electron chi connectivity index (χ1n) is 5.08. The van der Waals surface area contributed by atoms with E-state index < -0.39 is 0 Å². The zero-order valence-corrected chi connectivity index (χ0v) is 10.3. The molecule has 0 saturated heterocycles. The molecule has 0 aliphatic carbocycles. The number of hydrogen-bond donors (Lipinski definition) is 1. The van der Waals surface area contributed by atoms with Gasteiger partial charge in [-0.25, -0.2) is 0 Å². The Kier molecular flexibility index (Phi) is 4.08. The third-order valence-corrected chi connectivity index (χ3v) is 3.22. The Labute approximate surface area is 90.8 Å². The van der Waals surface area contributed by atoms with Crippen molar-refractivity contribution < 1.29 is 0 Å². The lowest BCUT2D eigenvalue weighted by Crippen LogP contribution is -2.18. The van der Waals surface area contributed by atoms with E-state index in [2.05, 4.69) is 31.1 Å². The van der Waals surface area contributed by atoms with Crippen LogP contribution >= 0.6 is 11.3 Å². The lowest BCUT2D eigenvalue weighted by atomic mass is 9.88. The van der Waals surface area contributed by atoms with Crippen molar-refractivity contribution in [1.29, 1.82) is 0 Å². The highest BCUT2D eigenvalue weighted by Crippen LogP contribution is 2.28. The molecule has 0 radical (unpaired) electrons. The largest absolute Gasteiger partial charge is 0.312 e. The second-order valence-corrected chi connectivity index (χ2v) is 5.76. The summed E-state index contributed by atoms with van der Waals surface area (Å²) in [5, 5.41) is 3.35. The molecule has 0 aliphatic rings. The van der Waals surface area contributed by atoms with Crippen LogP contribution in [0, 0.1) is 5.41 Å². The minimum Gasteiger partial charge on any atom is -0.312 e. The van der Waals surface area contributed by atoms with E-state index in [4.69, 9.17) is 0 Å². The van der Waals surface area contributed by atoms with Crippen LogP contribution in [0.2, 0.25) is 0 Å². The summed E-state index contributed by atoms with van der Waals surface area (Å²) in [6.45, 7) is 6.85. The van der Waals surface area contributed by atoms with E-state index in [-0.39, 0.29) is 0 Å². The van der Waals surface area contributed by atoms with E-state index >= 15 is 0 Å². The highest BCUT2D eigenvalue weighted by Gasteiger charge is 2.16. The number of rotatable bonds is 4. The molecule has 0 fully saturated rings. The number of nitrogens with one attached hydrogen (secondary N) is 1. The van der Waals surface area contributed by atoms with Gasteiger partial charge in [-0.05, 0) is 25.3 Å². The van der Waals surface area contributed by atoms with Gasteiger partial charge in [0.15, 0.2) is 0 Å². The average Bonchev–Trinajstić information content (AvgIpc) is 2.56. The van der Waals surface area contributed by atoms with Gasteiger partial charge in [0.25, 0.3) is 0 Å². The topological polar surface area (TPSA) is 24.9 Å². The quantitative estimate of drug-likeness (QED) is 0.829.